The van der Waals surface area contributed by atoms with Crippen LogP contribution in [0.3, 0.4) is 0 Å². The van der Waals surface area contributed by atoms with Crippen LogP contribution in [0, 0.1) is 0 Å². The Kier molecular flexibility index (Phi) is 2.98. The maximum Gasteiger partial charge on any atom is 0.272 e. The molecule has 1 aromatic carbocycles. The molecule has 0 fully saturated rings. The highest BCUT2D eigenvalue weighted by molar-refractivity contribution is 7.15. The van der Waals surface area contributed by atoms with Crippen LogP contribution < -0.4 is 5.56 Å². The van der Waals surface area contributed by atoms with Gasteiger partial charge >= 0.3 is 0 Å². The van der Waals surface area contributed by atoms with Crippen LogP contribution in [0.4, 0.5) is 0 Å². The first kappa shape index (κ1) is 13.1. The second-order valence-electron chi connectivity index (χ2n) is 5.86. The average Bonchev–Trinajstić information content (AvgIpc) is 2.89. The van der Waals surface area contributed by atoms with Crippen molar-refractivity contribution in [2.45, 2.75) is 26.2 Å². The molecule has 4 heteroatoms. The number of thiophene rings is 1. The summed E-state index contributed by atoms with van der Waals surface area (Å²) in [7, 11) is 0. The Hall–Kier alpha value is -1.94. The van der Waals surface area contributed by atoms with Gasteiger partial charge in [-0.2, -0.15) is 5.10 Å². The summed E-state index contributed by atoms with van der Waals surface area (Å²) in [6.07, 6.45) is 0. The number of benzene rings is 1. The molecule has 0 unspecified atom stereocenters. The van der Waals surface area contributed by atoms with Crippen LogP contribution in [-0.4, -0.2) is 10.2 Å². The van der Waals surface area contributed by atoms with Gasteiger partial charge in [-0.25, -0.2) is 5.10 Å². The van der Waals surface area contributed by atoms with E-state index >= 15 is 0 Å². The van der Waals surface area contributed by atoms with Gasteiger partial charge in [0.15, 0.2) is 0 Å². The van der Waals surface area contributed by atoms with Crippen molar-refractivity contribution in [3.05, 3.63) is 51.6 Å². The molecule has 20 heavy (non-hydrogen) atoms. The number of H-pyrrole nitrogens is 1. The van der Waals surface area contributed by atoms with Gasteiger partial charge in [0.2, 0.25) is 0 Å². The molecular weight excluding hydrogens is 268 g/mol. The Labute approximate surface area is 121 Å². The number of aromatic nitrogens is 2. The predicted octanol–water partition coefficient (Wildman–Crippen LogP) is 3.95. The maximum atomic E-state index is 11.8. The van der Waals surface area contributed by atoms with Crippen molar-refractivity contribution in [2.24, 2.45) is 0 Å². The smallest absolute Gasteiger partial charge is 0.267 e. The highest BCUT2D eigenvalue weighted by Gasteiger charge is 2.18. The molecule has 3 aromatic rings. The van der Waals surface area contributed by atoms with Crippen molar-refractivity contribution in [1.29, 1.82) is 0 Å². The number of fused-ring (bicyclic) bond motifs is 1. The number of hydrogen-bond acceptors (Lipinski definition) is 3. The first-order chi connectivity index (χ1) is 9.47. The van der Waals surface area contributed by atoms with E-state index in [4.69, 9.17) is 0 Å². The van der Waals surface area contributed by atoms with Gasteiger partial charge in [0.25, 0.3) is 5.56 Å². The van der Waals surface area contributed by atoms with E-state index in [9.17, 15) is 4.79 Å². The number of nitrogens with one attached hydrogen (secondary N) is 1. The average molecular weight is 284 g/mol. The summed E-state index contributed by atoms with van der Waals surface area (Å²) in [4.78, 5) is 14.2. The van der Waals surface area contributed by atoms with Crippen LogP contribution in [0.1, 0.15) is 25.6 Å². The quantitative estimate of drug-likeness (QED) is 0.735. The molecule has 0 radical (unpaired) electrons. The van der Waals surface area contributed by atoms with Crippen LogP contribution in [0.25, 0.3) is 21.3 Å². The Balaban J connectivity index is 2.23. The molecule has 0 bridgehead atoms. The van der Waals surface area contributed by atoms with Crippen molar-refractivity contribution in [1.82, 2.24) is 10.2 Å². The van der Waals surface area contributed by atoms with E-state index in [0.29, 0.717) is 5.39 Å². The monoisotopic (exact) mass is 284 g/mol. The normalized spacial score (nSPS) is 11.9. The summed E-state index contributed by atoms with van der Waals surface area (Å²) in [5, 5.41) is 8.42. The summed E-state index contributed by atoms with van der Waals surface area (Å²) in [6, 6.07) is 11.8. The van der Waals surface area contributed by atoms with E-state index in [2.05, 4.69) is 43.1 Å². The van der Waals surface area contributed by atoms with Gasteiger partial charge in [-0.3, -0.25) is 4.79 Å². The lowest BCUT2D eigenvalue weighted by Crippen LogP contribution is -2.09. The number of aromatic amines is 1. The summed E-state index contributed by atoms with van der Waals surface area (Å²) in [5.41, 5.74) is 0.832. The molecular formula is C16H16N2OS. The molecule has 0 aliphatic carbocycles. The second-order valence-corrected chi connectivity index (χ2v) is 6.94. The number of nitrogens with zero attached hydrogens (tertiary/aromatic N) is 1. The highest BCUT2D eigenvalue weighted by Crippen LogP contribution is 2.35. The minimum Gasteiger partial charge on any atom is -0.267 e. The largest absolute Gasteiger partial charge is 0.272 e. The molecule has 0 saturated heterocycles. The van der Waals surface area contributed by atoms with Gasteiger partial charge < -0.3 is 0 Å². The summed E-state index contributed by atoms with van der Waals surface area (Å²) in [5.74, 6) is 0. The molecule has 102 valence electrons. The zero-order chi connectivity index (χ0) is 14.3. The van der Waals surface area contributed by atoms with E-state index in [1.54, 1.807) is 11.3 Å². The summed E-state index contributed by atoms with van der Waals surface area (Å²) in [6.45, 7) is 6.59. The molecule has 0 amide bonds. The molecule has 2 heterocycles. The predicted molar refractivity (Wildman–Crippen MR) is 84.4 cm³/mol. The van der Waals surface area contributed by atoms with Crippen LogP contribution in [0.2, 0.25) is 0 Å². The van der Waals surface area contributed by atoms with Gasteiger partial charge in [-0.15, -0.1) is 11.3 Å². The number of rotatable bonds is 1. The first-order valence-corrected chi connectivity index (χ1v) is 7.36. The fourth-order valence-electron chi connectivity index (χ4n) is 2.17. The molecule has 3 nitrogen and oxygen atoms in total. The molecule has 0 spiro atoms. The van der Waals surface area contributed by atoms with Crippen LogP contribution in [-0.2, 0) is 5.41 Å². The molecule has 0 saturated carbocycles. The second kappa shape index (κ2) is 4.56. The van der Waals surface area contributed by atoms with Crippen LogP contribution in [0.5, 0.6) is 0 Å². The highest BCUT2D eigenvalue weighted by atomic mass is 32.1. The van der Waals surface area contributed by atoms with E-state index < -0.39 is 0 Å². The summed E-state index contributed by atoms with van der Waals surface area (Å²) < 4.78 is 0. The van der Waals surface area contributed by atoms with E-state index in [1.165, 1.54) is 4.88 Å². The van der Waals surface area contributed by atoms with Gasteiger partial charge in [0, 0.05) is 10.3 Å². The van der Waals surface area contributed by atoms with E-state index in [-0.39, 0.29) is 11.0 Å². The Morgan fingerprint density at radius 3 is 2.40 bits per heavy atom. The van der Waals surface area contributed by atoms with Crippen molar-refractivity contribution >= 4 is 22.1 Å². The fraction of sp³-hybridized carbons (Fsp3) is 0.250. The van der Waals surface area contributed by atoms with Crippen LogP contribution in [0.15, 0.2) is 41.2 Å². The molecule has 0 atom stereocenters. The first-order valence-electron chi connectivity index (χ1n) is 6.55. The molecule has 0 aliphatic rings. The summed E-state index contributed by atoms with van der Waals surface area (Å²) >= 11 is 1.73. The van der Waals surface area contributed by atoms with Gasteiger partial charge in [0.05, 0.1) is 10.3 Å². The zero-order valence-electron chi connectivity index (χ0n) is 11.7. The van der Waals surface area contributed by atoms with Crippen molar-refractivity contribution < 1.29 is 0 Å². The number of hydrogen-bond donors (Lipinski definition) is 1. The van der Waals surface area contributed by atoms with Crippen molar-refractivity contribution in [2.75, 3.05) is 0 Å². The third-order valence-corrected chi connectivity index (χ3v) is 4.79. The van der Waals surface area contributed by atoms with E-state index in [0.717, 1.165) is 16.0 Å². The van der Waals surface area contributed by atoms with Gasteiger partial charge in [0.1, 0.15) is 5.69 Å². The topological polar surface area (TPSA) is 45.8 Å². The third-order valence-electron chi connectivity index (χ3n) is 3.27. The van der Waals surface area contributed by atoms with Crippen molar-refractivity contribution in [3.63, 3.8) is 0 Å². The lowest BCUT2D eigenvalue weighted by molar-refractivity contribution is 0.604. The molecule has 0 aliphatic heterocycles. The van der Waals surface area contributed by atoms with Gasteiger partial charge in [-0.1, -0.05) is 39.0 Å². The lowest BCUT2D eigenvalue weighted by atomic mass is 9.95. The fourth-order valence-corrected chi connectivity index (χ4v) is 3.24. The van der Waals surface area contributed by atoms with Crippen LogP contribution >= 0.6 is 11.3 Å². The van der Waals surface area contributed by atoms with Gasteiger partial charge in [-0.05, 0) is 23.6 Å². The molecule has 2 aromatic heterocycles. The lowest BCUT2D eigenvalue weighted by Gasteiger charge is -2.15. The Bertz CT molecular complexity index is 824. The minimum atomic E-state index is -0.142. The van der Waals surface area contributed by atoms with E-state index in [1.807, 2.05) is 24.3 Å². The third kappa shape index (κ3) is 2.16. The maximum absolute atomic E-state index is 11.8. The standard InChI is InChI=1S/C16H16N2OS/c1-16(2,3)13-9-8-12(20-13)14-10-6-4-5-7-11(10)15(19)18-17-14/h4-9H,1-3H3,(H,18,19). The SMILES string of the molecule is CC(C)(C)c1ccc(-c2n[nH]c(=O)c3ccccc23)s1. The van der Waals surface area contributed by atoms with Crippen molar-refractivity contribution in [3.8, 4) is 10.6 Å². The Morgan fingerprint density at radius 1 is 1.05 bits per heavy atom. The minimum absolute atomic E-state index is 0.126. The molecule has 1 N–H and O–H groups in total. The molecule has 3 rings (SSSR count). The Morgan fingerprint density at radius 2 is 1.75 bits per heavy atom. The zero-order valence-corrected chi connectivity index (χ0v) is 12.5.